The molecule has 0 aromatic carbocycles. The topological polar surface area (TPSA) is 69.0 Å². The molecule has 4 atom stereocenters. The van der Waals surface area contributed by atoms with Crippen molar-refractivity contribution in [3.05, 3.63) is 22.2 Å². The number of amides is 1. The summed E-state index contributed by atoms with van der Waals surface area (Å²) >= 11 is 7.46. The number of halogens is 1. The molecule has 0 radical (unpaired) electrons. The van der Waals surface area contributed by atoms with Crippen LogP contribution in [0.5, 0.6) is 0 Å². The van der Waals surface area contributed by atoms with Crippen LogP contribution in [0, 0.1) is 22.7 Å². The van der Waals surface area contributed by atoms with Gasteiger partial charge in [0.15, 0.2) is 10.3 Å². The molecule has 1 aromatic rings. The second-order valence-corrected chi connectivity index (χ2v) is 9.26. The smallest absolute Gasteiger partial charge is 0.229 e. The van der Waals surface area contributed by atoms with E-state index in [1.54, 1.807) is 0 Å². The number of allylic oxidation sites excluding steroid dienone is 1. The summed E-state index contributed by atoms with van der Waals surface area (Å²) < 4.78 is 0. The zero-order valence-corrected chi connectivity index (χ0v) is 16.4. The van der Waals surface area contributed by atoms with E-state index in [9.17, 15) is 4.79 Å². The first kappa shape index (κ1) is 17.8. The Morgan fingerprint density at radius 1 is 1.50 bits per heavy atom. The maximum Gasteiger partial charge on any atom is 0.229 e. The second kappa shape index (κ2) is 6.86. The fourth-order valence-electron chi connectivity index (χ4n) is 4.68. The van der Waals surface area contributed by atoms with Crippen LogP contribution in [0.1, 0.15) is 50.3 Å². The van der Waals surface area contributed by atoms with Gasteiger partial charge < -0.3 is 10.2 Å². The highest BCUT2D eigenvalue weighted by molar-refractivity contribution is 7.16. The third-order valence-electron chi connectivity index (χ3n) is 6.11. The first-order valence-corrected chi connectivity index (χ1v) is 10.5. The molecule has 7 heteroatoms. The van der Waals surface area contributed by atoms with Crippen LogP contribution in [-0.2, 0) is 4.79 Å². The summed E-state index contributed by atoms with van der Waals surface area (Å²) in [4.78, 5) is 19.8. The lowest BCUT2D eigenvalue weighted by molar-refractivity contribution is -0.128. The molecule has 2 fully saturated rings. The Bertz CT molecular complexity index is 771. The predicted octanol–water partition coefficient (Wildman–Crippen LogP) is 3.89. The van der Waals surface area contributed by atoms with Crippen LogP contribution in [0.15, 0.2) is 12.2 Å². The normalized spacial score (nSPS) is 32.7. The highest BCUT2D eigenvalue weighted by Gasteiger charge is 2.42. The Labute approximate surface area is 163 Å². The van der Waals surface area contributed by atoms with Gasteiger partial charge in [-0.05, 0) is 51.4 Å². The van der Waals surface area contributed by atoms with Crippen LogP contribution in [0.4, 0.5) is 5.13 Å². The third-order valence-corrected chi connectivity index (χ3v) is 7.47. The van der Waals surface area contributed by atoms with E-state index in [1.165, 1.54) is 11.3 Å². The van der Waals surface area contributed by atoms with Gasteiger partial charge in [-0.2, -0.15) is 5.26 Å². The molecule has 2 bridgehead atoms. The van der Waals surface area contributed by atoms with Gasteiger partial charge in [0.1, 0.15) is 10.9 Å². The highest BCUT2D eigenvalue weighted by Crippen LogP contribution is 2.44. The van der Waals surface area contributed by atoms with E-state index in [-0.39, 0.29) is 11.3 Å². The zero-order chi connectivity index (χ0) is 18.3. The highest BCUT2D eigenvalue weighted by atomic mass is 35.5. The zero-order valence-electron chi connectivity index (χ0n) is 14.9. The average molecular weight is 391 g/mol. The molecule has 26 heavy (non-hydrogen) atoms. The van der Waals surface area contributed by atoms with Crippen molar-refractivity contribution in [2.24, 2.45) is 11.3 Å². The van der Waals surface area contributed by atoms with Gasteiger partial charge in [-0.15, -0.1) is 0 Å². The van der Waals surface area contributed by atoms with E-state index in [4.69, 9.17) is 16.9 Å². The van der Waals surface area contributed by atoms with Crippen LogP contribution < -0.4 is 10.2 Å². The number of nitriles is 1. The molecule has 4 rings (SSSR count). The Morgan fingerprint density at radius 3 is 2.81 bits per heavy atom. The van der Waals surface area contributed by atoms with Gasteiger partial charge in [0.05, 0.1) is 5.41 Å². The SMILES string of the molecule is CC1(C(=O)NCC2C[C@H]3CC[C@@H](C2)N3c2nc(Cl)c(C#N)s2)C=CCC1. The molecule has 0 spiro atoms. The van der Waals surface area contributed by atoms with Crippen LogP contribution in [-0.4, -0.2) is 29.5 Å². The molecule has 3 aliphatic rings. The number of carbonyl (C=O) groups is 1. The van der Waals surface area contributed by atoms with Crippen LogP contribution in [0.3, 0.4) is 0 Å². The van der Waals surface area contributed by atoms with E-state index in [0.717, 1.165) is 50.2 Å². The molecule has 1 aromatic heterocycles. The van der Waals surface area contributed by atoms with E-state index in [2.05, 4.69) is 27.3 Å². The molecule has 1 amide bonds. The number of fused-ring (bicyclic) bond motifs is 2. The average Bonchev–Trinajstić information content (AvgIpc) is 3.29. The third kappa shape index (κ3) is 3.12. The molecule has 5 nitrogen and oxygen atoms in total. The summed E-state index contributed by atoms with van der Waals surface area (Å²) in [5.74, 6) is 0.666. The minimum Gasteiger partial charge on any atom is -0.355 e. The van der Waals surface area contributed by atoms with Crippen LogP contribution in [0.2, 0.25) is 5.15 Å². The largest absolute Gasteiger partial charge is 0.355 e. The van der Waals surface area contributed by atoms with Crippen molar-refractivity contribution in [1.29, 1.82) is 5.26 Å². The number of nitrogens with zero attached hydrogens (tertiary/aromatic N) is 3. The molecule has 1 N–H and O–H groups in total. The number of piperidine rings is 1. The summed E-state index contributed by atoms with van der Waals surface area (Å²) in [6.07, 6.45) is 10.5. The van der Waals surface area contributed by atoms with Gasteiger partial charge in [-0.25, -0.2) is 4.98 Å². The van der Waals surface area contributed by atoms with Crippen molar-refractivity contribution < 1.29 is 4.79 Å². The first-order valence-electron chi connectivity index (χ1n) is 9.31. The monoisotopic (exact) mass is 390 g/mol. The standard InChI is InChI=1S/C19H23ClN4OS/c1-19(6-2-3-7-19)17(25)22-11-12-8-13-4-5-14(9-12)24(13)18-23-16(20)15(10-21)26-18/h2,6,12-14H,3-5,7-9,11H2,1H3,(H,22,25)/t12?,13-,14+,19?. The quantitative estimate of drug-likeness (QED) is 0.792. The van der Waals surface area contributed by atoms with Crippen LogP contribution >= 0.6 is 22.9 Å². The Balaban J connectivity index is 1.38. The first-order chi connectivity index (χ1) is 12.5. The fraction of sp³-hybridized carbons (Fsp3) is 0.632. The maximum atomic E-state index is 12.5. The number of anilines is 1. The number of carbonyl (C=O) groups excluding carboxylic acids is 1. The Kier molecular flexibility index (Phi) is 4.70. The van der Waals surface area contributed by atoms with Crippen molar-refractivity contribution in [2.75, 3.05) is 11.4 Å². The summed E-state index contributed by atoms with van der Waals surface area (Å²) in [7, 11) is 0. The van der Waals surface area contributed by atoms with Gasteiger partial charge in [0.25, 0.3) is 0 Å². The van der Waals surface area contributed by atoms with Gasteiger partial charge >= 0.3 is 0 Å². The maximum absolute atomic E-state index is 12.5. The lowest BCUT2D eigenvalue weighted by Crippen LogP contribution is -2.47. The van der Waals surface area contributed by atoms with E-state index in [1.807, 2.05) is 13.0 Å². The Hall–Kier alpha value is -1.58. The summed E-state index contributed by atoms with van der Waals surface area (Å²) in [6, 6.07) is 2.99. The lowest BCUT2D eigenvalue weighted by atomic mass is 9.87. The summed E-state index contributed by atoms with van der Waals surface area (Å²) in [5, 5.41) is 13.5. The summed E-state index contributed by atoms with van der Waals surface area (Å²) in [5.41, 5.74) is -0.328. The van der Waals surface area contributed by atoms with Crippen molar-refractivity contribution in [3.8, 4) is 6.07 Å². The number of hydrogen-bond acceptors (Lipinski definition) is 5. The van der Waals surface area contributed by atoms with Gasteiger partial charge in [-0.3, -0.25) is 4.79 Å². The molecular formula is C19H23ClN4OS. The van der Waals surface area contributed by atoms with Crippen molar-refractivity contribution in [3.63, 3.8) is 0 Å². The molecule has 2 saturated heterocycles. The predicted molar refractivity (Wildman–Crippen MR) is 103 cm³/mol. The van der Waals surface area contributed by atoms with Gasteiger partial charge in [0, 0.05) is 18.6 Å². The number of rotatable bonds is 4. The number of nitrogens with one attached hydrogen (secondary N) is 1. The van der Waals surface area contributed by atoms with Crippen molar-refractivity contribution in [2.45, 2.75) is 57.5 Å². The Morgan fingerprint density at radius 2 is 2.23 bits per heavy atom. The second-order valence-electron chi connectivity index (χ2n) is 7.93. The molecular weight excluding hydrogens is 368 g/mol. The molecule has 138 valence electrons. The molecule has 0 saturated carbocycles. The van der Waals surface area contributed by atoms with E-state index >= 15 is 0 Å². The number of aromatic nitrogens is 1. The minimum atomic E-state index is -0.328. The number of thiazole rings is 1. The molecule has 2 aliphatic heterocycles. The number of hydrogen-bond donors (Lipinski definition) is 1. The van der Waals surface area contributed by atoms with Crippen molar-refractivity contribution >= 4 is 34.0 Å². The van der Waals surface area contributed by atoms with Gasteiger partial charge in [-0.1, -0.05) is 35.1 Å². The lowest BCUT2D eigenvalue weighted by Gasteiger charge is -2.39. The van der Waals surface area contributed by atoms with E-state index < -0.39 is 0 Å². The summed E-state index contributed by atoms with van der Waals surface area (Å²) in [6.45, 7) is 2.78. The van der Waals surface area contributed by atoms with Crippen molar-refractivity contribution in [1.82, 2.24) is 10.3 Å². The van der Waals surface area contributed by atoms with E-state index in [0.29, 0.717) is 28.0 Å². The molecule has 1 aliphatic carbocycles. The van der Waals surface area contributed by atoms with Gasteiger partial charge in [0.2, 0.25) is 5.91 Å². The molecule has 2 unspecified atom stereocenters. The minimum absolute atomic E-state index is 0.159. The van der Waals surface area contributed by atoms with Crippen LogP contribution in [0.25, 0.3) is 0 Å². The fourth-order valence-corrected chi connectivity index (χ4v) is 5.86. The molecule has 3 heterocycles.